The molecule has 27 heavy (non-hydrogen) atoms. The summed E-state index contributed by atoms with van der Waals surface area (Å²) in [4.78, 5) is 27.0. The van der Waals surface area contributed by atoms with Gasteiger partial charge in [-0.3, -0.25) is 14.3 Å². The number of nitrogens with zero attached hydrogens (tertiary/aromatic N) is 4. The van der Waals surface area contributed by atoms with Crippen molar-refractivity contribution >= 4 is 21.5 Å². The zero-order valence-corrected chi connectivity index (χ0v) is 16.2. The van der Waals surface area contributed by atoms with Crippen LogP contribution in [0.3, 0.4) is 0 Å². The molecule has 0 aromatic carbocycles. The van der Waals surface area contributed by atoms with Gasteiger partial charge in [0.2, 0.25) is 5.91 Å². The monoisotopic (exact) mass is 390 g/mol. The third-order valence-corrected chi connectivity index (χ3v) is 6.97. The van der Waals surface area contributed by atoms with Gasteiger partial charge in [0, 0.05) is 19.2 Å². The zero-order valence-electron chi connectivity index (χ0n) is 15.4. The number of fused-ring (bicyclic) bond motifs is 1. The first kappa shape index (κ1) is 18.0. The second kappa shape index (κ2) is 6.33. The maximum atomic E-state index is 13.2. The molecule has 1 saturated carbocycles. The molecule has 2 aromatic heterocycles. The minimum Gasteiger partial charge on any atom is -0.472 e. The van der Waals surface area contributed by atoms with Gasteiger partial charge in [0.15, 0.2) is 0 Å². The summed E-state index contributed by atoms with van der Waals surface area (Å²) in [6.07, 6.45) is 8.29. The van der Waals surface area contributed by atoms with Crippen LogP contribution in [0, 0.1) is 5.41 Å². The lowest BCUT2D eigenvalue weighted by atomic mass is 10.0. The average Bonchev–Trinajstić information content (AvgIpc) is 3.07. The van der Waals surface area contributed by atoms with Crippen LogP contribution in [0.5, 0.6) is 0 Å². The van der Waals surface area contributed by atoms with Gasteiger partial charge >= 0.3 is 0 Å². The lowest BCUT2D eigenvalue weighted by molar-refractivity contribution is -0.133. The molecule has 1 atom stereocenters. The number of carbonyl (C=O) groups is 2. The molecule has 2 aliphatic rings. The molecule has 1 aliphatic carbocycles. The Morgan fingerprint density at radius 1 is 1.37 bits per heavy atom. The summed E-state index contributed by atoms with van der Waals surface area (Å²) < 4.78 is 23.7. The van der Waals surface area contributed by atoms with Crippen LogP contribution in [0.1, 0.15) is 42.2 Å². The van der Waals surface area contributed by atoms with E-state index in [0.29, 0.717) is 36.6 Å². The molecule has 144 valence electrons. The molecular weight excluding hydrogens is 368 g/mol. The van der Waals surface area contributed by atoms with Crippen LogP contribution >= 0.6 is 0 Å². The predicted octanol–water partition coefficient (Wildman–Crippen LogP) is 2.31. The molecule has 4 rings (SSSR count). The summed E-state index contributed by atoms with van der Waals surface area (Å²) >= 11 is 0. The standard InChI is InChI=1S/C18H22N4O4S/c1-18(4-5-18)9-16(23)21-6-7-22-14(11-21)15(10-19-22)27(2,25)20-17(24)13-3-8-26-12-13/h3,8,10,12H,4-7,9,11H2,1-2H3. The Kier molecular flexibility index (Phi) is 4.21. The van der Waals surface area contributed by atoms with E-state index in [2.05, 4.69) is 16.4 Å². The van der Waals surface area contributed by atoms with Crippen molar-refractivity contribution in [1.82, 2.24) is 14.7 Å². The SMILES string of the molecule is CC1(CC(=O)N2CCn3ncc(S(C)(=O)=NC(=O)c4ccoc4)c3C2)CC1. The molecule has 1 aliphatic heterocycles. The van der Waals surface area contributed by atoms with Crippen molar-refractivity contribution in [2.75, 3.05) is 12.8 Å². The Balaban J connectivity index is 1.59. The maximum absolute atomic E-state index is 13.2. The highest BCUT2D eigenvalue weighted by Gasteiger charge is 2.40. The van der Waals surface area contributed by atoms with Crippen molar-refractivity contribution in [2.24, 2.45) is 9.78 Å². The highest BCUT2D eigenvalue weighted by Crippen LogP contribution is 2.48. The second-order valence-electron chi connectivity index (χ2n) is 7.69. The van der Waals surface area contributed by atoms with Crippen molar-refractivity contribution in [3.8, 4) is 0 Å². The van der Waals surface area contributed by atoms with Crippen molar-refractivity contribution in [1.29, 1.82) is 0 Å². The van der Waals surface area contributed by atoms with Crippen LogP contribution in [-0.2, 0) is 27.6 Å². The Labute approximate surface area is 157 Å². The van der Waals surface area contributed by atoms with Crippen LogP contribution in [0.15, 0.2) is 38.5 Å². The molecule has 0 saturated heterocycles. The molecule has 2 amide bonds. The molecule has 0 bridgehead atoms. The van der Waals surface area contributed by atoms with Crippen molar-refractivity contribution in [3.63, 3.8) is 0 Å². The number of hydrogen-bond donors (Lipinski definition) is 0. The molecule has 1 unspecified atom stereocenters. The van der Waals surface area contributed by atoms with Crippen LogP contribution in [0.4, 0.5) is 0 Å². The van der Waals surface area contributed by atoms with Crippen molar-refractivity contribution < 1.29 is 18.2 Å². The second-order valence-corrected chi connectivity index (χ2v) is 9.92. The topological polar surface area (TPSA) is 97.8 Å². The van der Waals surface area contributed by atoms with Gasteiger partial charge < -0.3 is 9.32 Å². The molecule has 0 radical (unpaired) electrons. The van der Waals surface area contributed by atoms with E-state index in [4.69, 9.17) is 4.42 Å². The van der Waals surface area contributed by atoms with Crippen LogP contribution in [-0.4, -0.2) is 43.5 Å². The molecule has 9 heteroatoms. The Hall–Kier alpha value is -2.42. The van der Waals surface area contributed by atoms with Gasteiger partial charge in [-0.15, -0.1) is 0 Å². The number of rotatable bonds is 4. The number of furan rings is 1. The van der Waals surface area contributed by atoms with Gasteiger partial charge in [0.1, 0.15) is 6.26 Å². The van der Waals surface area contributed by atoms with Gasteiger partial charge in [-0.05, 0) is 24.3 Å². The van der Waals surface area contributed by atoms with E-state index in [1.807, 2.05) is 0 Å². The smallest absolute Gasteiger partial charge is 0.288 e. The zero-order chi connectivity index (χ0) is 19.2. The number of amides is 2. The first-order chi connectivity index (χ1) is 12.8. The molecule has 8 nitrogen and oxygen atoms in total. The molecule has 0 spiro atoms. The van der Waals surface area contributed by atoms with Gasteiger partial charge in [0.05, 0.1) is 51.4 Å². The lowest BCUT2D eigenvalue weighted by Crippen LogP contribution is -2.39. The summed E-state index contributed by atoms with van der Waals surface area (Å²) in [5, 5.41) is 4.28. The fourth-order valence-electron chi connectivity index (χ4n) is 3.26. The van der Waals surface area contributed by atoms with E-state index < -0.39 is 15.6 Å². The molecule has 1 fully saturated rings. The third kappa shape index (κ3) is 3.55. The van der Waals surface area contributed by atoms with Gasteiger partial charge in [-0.2, -0.15) is 9.46 Å². The third-order valence-electron chi connectivity index (χ3n) is 5.30. The minimum atomic E-state index is -2.99. The van der Waals surface area contributed by atoms with Crippen molar-refractivity contribution in [3.05, 3.63) is 36.0 Å². The molecular formula is C18H22N4O4S. The van der Waals surface area contributed by atoms with Gasteiger partial charge in [-0.25, -0.2) is 4.21 Å². The summed E-state index contributed by atoms with van der Waals surface area (Å²) in [6, 6.07) is 1.48. The number of aromatic nitrogens is 2. The van der Waals surface area contributed by atoms with Crippen LogP contribution in [0.2, 0.25) is 0 Å². The van der Waals surface area contributed by atoms with Crippen LogP contribution < -0.4 is 0 Å². The normalized spacial score (nSPS) is 19.9. The quantitative estimate of drug-likeness (QED) is 0.798. The Morgan fingerprint density at radius 2 is 2.15 bits per heavy atom. The fourth-order valence-corrected chi connectivity index (χ4v) is 4.63. The lowest BCUT2D eigenvalue weighted by Gasteiger charge is -2.29. The maximum Gasteiger partial charge on any atom is 0.288 e. The van der Waals surface area contributed by atoms with Gasteiger partial charge in [0.25, 0.3) is 5.91 Å². The molecule has 2 aromatic rings. The van der Waals surface area contributed by atoms with E-state index in [0.717, 1.165) is 12.8 Å². The summed E-state index contributed by atoms with van der Waals surface area (Å²) in [5.41, 5.74) is 1.08. The van der Waals surface area contributed by atoms with E-state index in [1.54, 1.807) is 9.58 Å². The summed E-state index contributed by atoms with van der Waals surface area (Å²) in [7, 11) is -2.99. The van der Waals surface area contributed by atoms with E-state index >= 15 is 0 Å². The Bertz CT molecular complexity index is 1010. The molecule has 3 heterocycles. The average molecular weight is 390 g/mol. The van der Waals surface area contributed by atoms with Crippen molar-refractivity contribution in [2.45, 2.75) is 44.2 Å². The van der Waals surface area contributed by atoms with Gasteiger partial charge in [-0.1, -0.05) is 6.92 Å². The van der Waals surface area contributed by atoms with E-state index in [9.17, 15) is 13.8 Å². The van der Waals surface area contributed by atoms with Crippen LogP contribution in [0.25, 0.3) is 0 Å². The minimum absolute atomic E-state index is 0.113. The number of carbonyl (C=O) groups excluding carboxylic acids is 2. The predicted molar refractivity (Wildman–Crippen MR) is 97.4 cm³/mol. The van der Waals surface area contributed by atoms with E-state index in [1.165, 1.54) is 31.0 Å². The number of hydrogen-bond acceptors (Lipinski definition) is 5. The fraction of sp³-hybridized carbons (Fsp3) is 0.500. The first-order valence-electron chi connectivity index (χ1n) is 8.89. The van der Waals surface area contributed by atoms with E-state index in [-0.39, 0.29) is 16.9 Å². The highest BCUT2D eigenvalue weighted by atomic mass is 32.2. The highest BCUT2D eigenvalue weighted by molar-refractivity contribution is 7.93. The summed E-state index contributed by atoms with van der Waals surface area (Å²) in [5.74, 6) is -0.482. The largest absolute Gasteiger partial charge is 0.472 e. The Morgan fingerprint density at radius 3 is 2.81 bits per heavy atom. The summed E-state index contributed by atoms with van der Waals surface area (Å²) in [6.45, 7) is 3.59. The first-order valence-corrected chi connectivity index (χ1v) is 10.8. The molecule has 0 N–H and O–H groups in total.